The average molecular weight is 618 g/mol. The third-order valence-corrected chi connectivity index (χ3v) is 9.50. The van der Waals surface area contributed by atoms with Crippen LogP contribution in [-0.4, -0.2) is 48.8 Å². The van der Waals surface area contributed by atoms with Crippen molar-refractivity contribution >= 4 is 39.8 Å². The van der Waals surface area contributed by atoms with Crippen LogP contribution in [0, 0.1) is 16.7 Å². The number of carbonyl (C=O) groups excluding carboxylic acids is 2. The van der Waals surface area contributed by atoms with E-state index in [2.05, 4.69) is 16.3 Å². The molecule has 2 aliphatic rings. The number of carbonyl (C=O) groups is 2. The lowest BCUT2D eigenvalue weighted by atomic mass is 9.68. The zero-order valence-electron chi connectivity index (χ0n) is 24.5. The Morgan fingerprint density at radius 3 is 2.44 bits per heavy atom. The topological polar surface area (TPSA) is 141 Å². The molecule has 0 bridgehead atoms. The molecule has 0 radical (unpaired) electrons. The molecule has 0 spiro atoms. The highest BCUT2D eigenvalue weighted by molar-refractivity contribution is 8.01. The SMILES string of the molecule is COc1ccc(C(=O)CSc2nnc(N3C(N)=C(C#N)C(c4cc(OC)ccc4OC)C4=C3CC(C)(C)CC4=O)s2)cc1. The van der Waals surface area contributed by atoms with Crippen LogP contribution < -0.4 is 24.8 Å². The molecule has 2 aromatic carbocycles. The first kappa shape index (κ1) is 30.1. The van der Waals surface area contributed by atoms with Gasteiger partial charge in [-0.15, -0.1) is 10.2 Å². The van der Waals surface area contributed by atoms with Crippen LogP contribution in [-0.2, 0) is 4.79 Å². The second-order valence-corrected chi connectivity index (χ2v) is 13.1. The highest BCUT2D eigenvalue weighted by Gasteiger charge is 2.46. The van der Waals surface area contributed by atoms with Crippen molar-refractivity contribution in [3.63, 3.8) is 0 Å². The smallest absolute Gasteiger partial charge is 0.219 e. The Morgan fingerprint density at radius 2 is 1.79 bits per heavy atom. The summed E-state index contributed by atoms with van der Waals surface area (Å²) >= 11 is 2.51. The Morgan fingerprint density at radius 1 is 1.09 bits per heavy atom. The molecule has 5 rings (SSSR count). The molecule has 43 heavy (non-hydrogen) atoms. The quantitative estimate of drug-likeness (QED) is 0.241. The summed E-state index contributed by atoms with van der Waals surface area (Å²) in [4.78, 5) is 28.3. The molecule has 2 N–H and O–H groups in total. The van der Waals surface area contributed by atoms with Crippen LogP contribution in [0.4, 0.5) is 5.13 Å². The molecule has 3 aromatic rings. The maximum absolute atomic E-state index is 13.9. The van der Waals surface area contributed by atoms with Gasteiger partial charge in [0.05, 0.1) is 44.6 Å². The number of methoxy groups -OCH3 is 3. The first-order valence-electron chi connectivity index (χ1n) is 13.4. The van der Waals surface area contributed by atoms with Gasteiger partial charge in [0, 0.05) is 28.8 Å². The Labute approximate surface area is 258 Å². The van der Waals surface area contributed by atoms with Crippen LogP contribution >= 0.6 is 23.1 Å². The van der Waals surface area contributed by atoms with Gasteiger partial charge in [0.2, 0.25) is 5.13 Å². The average Bonchev–Trinajstić information content (AvgIpc) is 3.46. The van der Waals surface area contributed by atoms with Gasteiger partial charge in [-0.3, -0.25) is 14.5 Å². The van der Waals surface area contributed by atoms with E-state index < -0.39 is 5.92 Å². The fourth-order valence-electron chi connectivity index (χ4n) is 5.44. The monoisotopic (exact) mass is 617 g/mol. The molecule has 1 atom stereocenters. The number of nitriles is 1. The Hall–Kier alpha value is -4.34. The van der Waals surface area contributed by atoms with E-state index in [1.807, 2.05) is 13.8 Å². The van der Waals surface area contributed by atoms with Crippen LogP contribution in [0.2, 0.25) is 0 Å². The van der Waals surface area contributed by atoms with E-state index in [9.17, 15) is 14.9 Å². The van der Waals surface area contributed by atoms with Crippen molar-refractivity contribution in [3.05, 3.63) is 76.3 Å². The summed E-state index contributed by atoms with van der Waals surface area (Å²) in [6, 6.07) is 14.5. The lowest BCUT2D eigenvalue weighted by molar-refractivity contribution is -0.118. The molecule has 1 aliphatic heterocycles. The summed E-state index contributed by atoms with van der Waals surface area (Å²) < 4.78 is 16.8. The van der Waals surface area contributed by atoms with Gasteiger partial charge < -0.3 is 19.9 Å². The third kappa shape index (κ3) is 5.83. The van der Waals surface area contributed by atoms with Gasteiger partial charge in [0.1, 0.15) is 23.1 Å². The van der Waals surface area contributed by atoms with Gasteiger partial charge in [0.15, 0.2) is 15.9 Å². The predicted octanol–water partition coefficient (Wildman–Crippen LogP) is 5.48. The van der Waals surface area contributed by atoms with Crippen LogP contribution in [0.1, 0.15) is 48.5 Å². The zero-order valence-corrected chi connectivity index (χ0v) is 26.1. The number of ether oxygens (including phenoxy) is 3. The summed E-state index contributed by atoms with van der Waals surface area (Å²) in [7, 11) is 4.67. The van der Waals surface area contributed by atoms with Crippen molar-refractivity contribution < 1.29 is 23.8 Å². The second-order valence-electron chi connectivity index (χ2n) is 10.9. The third-order valence-electron chi connectivity index (χ3n) is 7.45. The van der Waals surface area contributed by atoms with Gasteiger partial charge in [-0.25, -0.2) is 0 Å². The maximum atomic E-state index is 13.9. The molecular weight excluding hydrogens is 587 g/mol. The number of hydrogen-bond donors (Lipinski definition) is 1. The van der Waals surface area contributed by atoms with E-state index >= 15 is 0 Å². The number of aromatic nitrogens is 2. The minimum absolute atomic E-state index is 0.0618. The number of rotatable bonds is 9. The molecule has 2 heterocycles. The van der Waals surface area contributed by atoms with E-state index in [0.717, 1.165) is 0 Å². The molecule has 1 unspecified atom stereocenters. The largest absolute Gasteiger partial charge is 0.497 e. The van der Waals surface area contributed by atoms with Crippen LogP contribution in [0.15, 0.2) is 69.5 Å². The van der Waals surface area contributed by atoms with Gasteiger partial charge >= 0.3 is 0 Å². The standard InChI is InChI=1S/C31H31N5O5S2/c1-31(2)13-22-27(23(37)14-31)26(20-12-19(40-4)10-11-25(20)41-5)21(15-32)28(33)36(22)29-34-35-30(43-29)42-16-24(38)17-6-8-18(39-3)9-7-17/h6-12,26H,13-14,16,33H2,1-5H3. The van der Waals surface area contributed by atoms with Gasteiger partial charge in [-0.05, 0) is 54.3 Å². The first-order valence-corrected chi connectivity index (χ1v) is 15.2. The Kier molecular flexibility index (Phi) is 8.48. The summed E-state index contributed by atoms with van der Waals surface area (Å²) in [5, 5.41) is 19.5. The van der Waals surface area contributed by atoms with Crippen molar-refractivity contribution in [2.75, 3.05) is 32.0 Å². The molecule has 1 aliphatic carbocycles. The Bertz CT molecular complexity index is 1690. The van der Waals surface area contributed by atoms with E-state index in [-0.39, 0.29) is 34.1 Å². The number of nitrogens with two attached hydrogens (primary N) is 1. The normalized spacial score (nSPS) is 17.8. The number of thioether (sulfide) groups is 1. The van der Waals surface area contributed by atoms with Gasteiger partial charge in [-0.1, -0.05) is 36.9 Å². The first-order chi connectivity index (χ1) is 20.6. The van der Waals surface area contributed by atoms with Crippen molar-refractivity contribution in [1.29, 1.82) is 5.26 Å². The molecule has 12 heteroatoms. The number of nitrogens with zero attached hydrogens (tertiary/aromatic N) is 4. The molecular formula is C31H31N5O5S2. The fourth-order valence-corrected chi connectivity index (χ4v) is 7.22. The number of allylic oxidation sites excluding steroid dienone is 3. The molecule has 10 nitrogen and oxygen atoms in total. The number of Topliss-reactive ketones (excluding diaryl/α,β-unsaturated/α-hetero) is 2. The highest BCUT2D eigenvalue weighted by atomic mass is 32.2. The number of anilines is 1. The van der Waals surface area contributed by atoms with E-state index in [1.54, 1.807) is 68.7 Å². The van der Waals surface area contributed by atoms with Crippen LogP contribution in [0.25, 0.3) is 0 Å². The van der Waals surface area contributed by atoms with Gasteiger partial charge in [-0.2, -0.15) is 5.26 Å². The second kappa shape index (κ2) is 12.1. The molecule has 0 saturated carbocycles. The lowest BCUT2D eigenvalue weighted by Crippen LogP contribution is -2.42. The number of hydrogen-bond acceptors (Lipinski definition) is 12. The van der Waals surface area contributed by atoms with Crippen molar-refractivity contribution in [2.24, 2.45) is 11.1 Å². The van der Waals surface area contributed by atoms with Crippen molar-refractivity contribution in [1.82, 2.24) is 10.2 Å². The van der Waals surface area contributed by atoms with Crippen molar-refractivity contribution in [3.8, 4) is 23.3 Å². The molecule has 1 aromatic heterocycles. The van der Waals surface area contributed by atoms with Gasteiger partial charge in [0.25, 0.3) is 0 Å². The Balaban J connectivity index is 1.53. The lowest BCUT2D eigenvalue weighted by Gasteiger charge is -2.42. The van der Waals surface area contributed by atoms with Crippen molar-refractivity contribution in [2.45, 2.75) is 36.9 Å². The van der Waals surface area contributed by atoms with Crippen LogP contribution in [0.5, 0.6) is 17.2 Å². The zero-order chi connectivity index (χ0) is 30.9. The highest BCUT2D eigenvalue weighted by Crippen LogP contribution is 2.52. The fraction of sp³-hybridized carbons (Fsp3) is 0.323. The maximum Gasteiger partial charge on any atom is 0.219 e. The van der Waals surface area contributed by atoms with E-state index in [1.165, 1.54) is 23.1 Å². The molecule has 0 fully saturated rings. The summed E-state index contributed by atoms with van der Waals surface area (Å²) in [5.74, 6) is 1.20. The predicted molar refractivity (Wildman–Crippen MR) is 165 cm³/mol. The molecule has 0 saturated heterocycles. The van der Waals surface area contributed by atoms with E-state index in [0.29, 0.717) is 62.0 Å². The summed E-state index contributed by atoms with van der Waals surface area (Å²) in [6.07, 6.45) is 0.833. The summed E-state index contributed by atoms with van der Waals surface area (Å²) in [5.41, 5.74) is 8.96. The number of ketones is 2. The summed E-state index contributed by atoms with van der Waals surface area (Å²) in [6.45, 7) is 4.06. The minimum Gasteiger partial charge on any atom is -0.497 e. The number of benzene rings is 2. The molecule has 0 amide bonds. The van der Waals surface area contributed by atoms with E-state index in [4.69, 9.17) is 19.9 Å². The molecule has 222 valence electrons. The van der Waals surface area contributed by atoms with Crippen LogP contribution in [0.3, 0.4) is 0 Å². The minimum atomic E-state index is -0.742.